The van der Waals surface area contributed by atoms with Gasteiger partial charge in [0, 0.05) is 23.3 Å². The minimum atomic E-state index is 0.110. The average Bonchev–Trinajstić information content (AvgIpc) is 2.76. The summed E-state index contributed by atoms with van der Waals surface area (Å²) in [6.45, 7) is 5.83. The van der Waals surface area contributed by atoms with Crippen molar-refractivity contribution in [2.45, 2.75) is 26.9 Å². The molecule has 0 fully saturated rings. The Morgan fingerprint density at radius 3 is 2.63 bits per heavy atom. The van der Waals surface area contributed by atoms with Gasteiger partial charge < -0.3 is 14.8 Å². The molecule has 0 unspecified atom stereocenters. The van der Waals surface area contributed by atoms with Gasteiger partial charge in [0.15, 0.2) is 11.5 Å². The molecule has 5 nitrogen and oxygen atoms in total. The summed E-state index contributed by atoms with van der Waals surface area (Å²) < 4.78 is 15.1. The van der Waals surface area contributed by atoms with E-state index in [0.29, 0.717) is 5.75 Å². The number of nitrogens with zero attached hydrogens (tertiary/aromatic N) is 2. The van der Waals surface area contributed by atoms with Gasteiger partial charge in [0.05, 0.1) is 13.2 Å². The smallest absolute Gasteiger partial charge is 0.207 e. The number of aromatic nitrogens is 2. The number of rotatable bonds is 5. The van der Waals surface area contributed by atoms with Crippen molar-refractivity contribution in [3.05, 3.63) is 24.0 Å². The second kappa shape index (κ2) is 5.88. The summed E-state index contributed by atoms with van der Waals surface area (Å²) in [5.74, 6) is 2.19. The van der Waals surface area contributed by atoms with Crippen molar-refractivity contribution in [2.75, 3.05) is 12.4 Å². The Morgan fingerprint density at radius 1 is 1.26 bits per heavy atom. The van der Waals surface area contributed by atoms with Gasteiger partial charge in [-0.2, -0.15) is 4.37 Å². The van der Waals surface area contributed by atoms with E-state index < -0.39 is 0 Å². The van der Waals surface area contributed by atoms with Gasteiger partial charge in [-0.1, -0.05) is 0 Å². The molecule has 6 heteroatoms. The number of nitrogens with one attached hydrogen (secondary N) is 1. The summed E-state index contributed by atoms with van der Waals surface area (Å²) >= 11 is 1.33. The van der Waals surface area contributed by atoms with Crippen molar-refractivity contribution in [3.63, 3.8) is 0 Å². The van der Waals surface area contributed by atoms with Crippen LogP contribution in [0.15, 0.2) is 18.2 Å². The van der Waals surface area contributed by atoms with E-state index in [1.165, 1.54) is 11.5 Å². The first kappa shape index (κ1) is 13.6. The van der Waals surface area contributed by atoms with Crippen molar-refractivity contribution in [1.29, 1.82) is 0 Å². The highest BCUT2D eigenvalue weighted by molar-refractivity contribution is 7.09. The Labute approximate surface area is 116 Å². The lowest BCUT2D eigenvalue weighted by Gasteiger charge is -2.14. The molecule has 0 aliphatic rings. The normalized spacial score (nSPS) is 10.6. The van der Waals surface area contributed by atoms with Crippen LogP contribution in [0.2, 0.25) is 0 Å². The van der Waals surface area contributed by atoms with Crippen LogP contribution in [-0.4, -0.2) is 22.6 Å². The highest BCUT2D eigenvalue weighted by atomic mass is 32.1. The molecule has 0 saturated heterocycles. The fourth-order valence-corrected chi connectivity index (χ4v) is 2.16. The lowest BCUT2D eigenvalue weighted by molar-refractivity contribution is 0.230. The van der Waals surface area contributed by atoms with Gasteiger partial charge in [-0.05, 0) is 32.9 Å². The Hall–Kier alpha value is -1.82. The number of anilines is 2. The molecule has 19 heavy (non-hydrogen) atoms. The first-order chi connectivity index (χ1) is 9.08. The molecule has 0 saturated carbocycles. The predicted octanol–water partition coefficient (Wildman–Crippen LogP) is 3.39. The predicted molar refractivity (Wildman–Crippen MR) is 76.7 cm³/mol. The Balaban J connectivity index is 2.18. The average molecular weight is 279 g/mol. The van der Waals surface area contributed by atoms with Gasteiger partial charge in [0.1, 0.15) is 5.82 Å². The summed E-state index contributed by atoms with van der Waals surface area (Å²) in [7, 11) is 1.63. The third-order valence-corrected chi connectivity index (χ3v) is 3.03. The van der Waals surface area contributed by atoms with Gasteiger partial charge in [0.25, 0.3) is 0 Å². The van der Waals surface area contributed by atoms with Crippen molar-refractivity contribution < 1.29 is 9.47 Å². The van der Waals surface area contributed by atoms with E-state index in [9.17, 15) is 0 Å². The number of hydrogen-bond donors (Lipinski definition) is 1. The first-order valence-corrected chi connectivity index (χ1v) is 6.78. The van der Waals surface area contributed by atoms with Crippen LogP contribution >= 0.6 is 11.5 Å². The number of methoxy groups -OCH3 is 1. The molecule has 102 valence electrons. The van der Waals surface area contributed by atoms with E-state index in [-0.39, 0.29) is 6.10 Å². The summed E-state index contributed by atoms with van der Waals surface area (Å²) in [6, 6.07) is 5.69. The first-order valence-electron chi connectivity index (χ1n) is 6.00. The van der Waals surface area contributed by atoms with E-state index in [1.54, 1.807) is 7.11 Å². The van der Waals surface area contributed by atoms with Gasteiger partial charge >= 0.3 is 0 Å². The van der Waals surface area contributed by atoms with Gasteiger partial charge in [-0.3, -0.25) is 0 Å². The fourth-order valence-electron chi connectivity index (χ4n) is 1.57. The van der Waals surface area contributed by atoms with Gasteiger partial charge in [0.2, 0.25) is 5.13 Å². The van der Waals surface area contributed by atoms with Gasteiger partial charge in [-0.15, -0.1) is 0 Å². The van der Waals surface area contributed by atoms with Crippen molar-refractivity contribution in [1.82, 2.24) is 9.36 Å². The summed E-state index contributed by atoms with van der Waals surface area (Å²) in [5, 5.41) is 3.95. The van der Waals surface area contributed by atoms with Crippen LogP contribution in [0.1, 0.15) is 19.7 Å². The monoisotopic (exact) mass is 279 g/mol. The zero-order valence-corrected chi connectivity index (χ0v) is 12.2. The molecule has 1 N–H and O–H groups in total. The Morgan fingerprint density at radius 2 is 2.05 bits per heavy atom. The van der Waals surface area contributed by atoms with Crippen LogP contribution < -0.4 is 14.8 Å². The quantitative estimate of drug-likeness (QED) is 0.909. The van der Waals surface area contributed by atoms with Crippen LogP contribution in [0.25, 0.3) is 0 Å². The second-order valence-electron chi connectivity index (χ2n) is 4.30. The molecule has 0 aliphatic heterocycles. The van der Waals surface area contributed by atoms with Crippen LogP contribution in [0.5, 0.6) is 11.5 Å². The van der Waals surface area contributed by atoms with Crippen molar-refractivity contribution in [2.24, 2.45) is 0 Å². The largest absolute Gasteiger partial charge is 0.493 e. The molecule has 1 aromatic heterocycles. The Kier molecular flexibility index (Phi) is 4.21. The maximum absolute atomic E-state index is 5.67. The molecule has 1 aromatic carbocycles. The van der Waals surface area contributed by atoms with E-state index in [4.69, 9.17) is 9.47 Å². The minimum Gasteiger partial charge on any atom is -0.493 e. The van der Waals surface area contributed by atoms with E-state index in [2.05, 4.69) is 14.7 Å². The second-order valence-corrected chi connectivity index (χ2v) is 5.06. The number of aryl methyl sites for hydroxylation is 1. The molecule has 0 atom stereocenters. The minimum absolute atomic E-state index is 0.110. The third-order valence-electron chi connectivity index (χ3n) is 2.31. The van der Waals surface area contributed by atoms with Crippen LogP contribution in [0.4, 0.5) is 10.8 Å². The highest BCUT2D eigenvalue weighted by Crippen LogP contribution is 2.32. The van der Waals surface area contributed by atoms with E-state index >= 15 is 0 Å². The lowest BCUT2D eigenvalue weighted by Crippen LogP contribution is -2.06. The maximum Gasteiger partial charge on any atom is 0.207 e. The standard InChI is InChI=1S/C13H17N3O2S/c1-8(2)18-11-6-5-10(7-12(11)17-4)15-13-14-9(3)16-19-13/h5-8H,1-4H3,(H,14,15,16). The van der Waals surface area contributed by atoms with Crippen molar-refractivity contribution in [3.8, 4) is 11.5 Å². The molecule has 2 rings (SSSR count). The maximum atomic E-state index is 5.67. The number of benzene rings is 1. The van der Waals surface area contributed by atoms with E-state index in [0.717, 1.165) is 22.4 Å². The molecular formula is C13H17N3O2S. The SMILES string of the molecule is COc1cc(Nc2nc(C)ns2)ccc1OC(C)C. The molecule has 0 bridgehead atoms. The summed E-state index contributed by atoms with van der Waals surface area (Å²) in [4.78, 5) is 4.26. The third kappa shape index (κ3) is 3.57. The zero-order valence-electron chi connectivity index (χ0n) is 11.4. The molecule has 0 radical (unpaired) electrons. The van der Waals surface area contributed by atoms with Gasteiger partial charge in [-0.25, -0.2) is 4.98 Å². The fraction of sp³-hybridized carbons (Fsp3) is 0.385. The summed E-state index contributed by atoms with van der Waals surface area (Å²) in [6.07, 6.45) is 0.110. The van der Waals surface area contributed by atoms with Crippen LogP contribution in [-0.2, 0) is 0 Å². The Bertz CT molecular complexity index is 555. The topological polar surface area (TPSA) is 56.3 Å². The van der Waals surface area contributed by atoms with Crippen LogP contribution in [0.3, 0.4) is 0 Å². The van der Waals surface area contributed by atoms with E-state index in [1.807, 2.05) is 39.0 Å². The molecule has 0 aliphatic carbocycles. The number of ether oxygens (including phenoxy) is 2. The molecule has 1 heterocycles. The highest BCUT2D eigenvalue weighted by Gasteiger charge is 2.08. The summed E-state index contributed by atoms with van der Waals surface area (Å²) in [5.41, 5.74) is 0.893. The molecule has 0 spiro atoms. The van der Waals surface area contributed by atoms with Crippen molar-refractivity contribution >= 4 is 22.4 Å². The molecule has 0 amide bonds. The lowest BCUT2D eigenvalue weighted by atomic mass is 10.2. The number of hydrogen-bond acceptors (Lipinski definition) is 6. The molecule has 2 aromatic rings. The molecular weight excluding hydrogens is 262 g/mol. The van der Waals surface area contributed by atoms with Crippen LogP contribution in [0, 0.1) is 6.92 Å². The zero-order chi connectivity index (χ0) is 13.8.